The average Bonchev–Trinajstić information content (AvgIpc) is 2.92. The van der Waals surface area contributed by atoms with Crippen LogP contribution in [0.25, 0.3) is 5.57 Å². The van der Waals surface area contributed by atoms with Crippen LogP contribution in [-0.2, 0) is 4.79 Å². The lowest BCUT2D eigenvalue weighted by atomic mass is 9.69. The van der Waals surface area contributed by atoms with E-state index < -0.39 is 0 Å². The summed E-state index contributed by atoms with van der Waals surface area (Å²) in [6, 6.07) is 21.5. The third-order valence-electron chi connectivity index (χ3n) is 6.64. The Labute approximate surface area is 169 Å². The van der Waals surface area contributed by atoms with Crippen LogP contribution < -0.4 is 0 Å². The Hall–Kier alpha value is -2.41. The first kappa shape index (κ1) is 18.9. The van der Waals surface area contributed by atoms with E-state index in [0.717, 1.165) is 19.3 Å². The fourth-order valence-electron chi connectivity index (χ4n) is 5.86. The van der Waals surface area contributed by atoms with Gasteiger partial charge in [0.15, 0.2) is 0 Å². The standard InChI is InChI=1S/C27H30O/c1-18(2)25-24(21-16-11-17-22(28)26(21)27(25,3)4)23(19-12-7-5-8-13-19)20-14-9-6-10-15-20/h5-10,12-15,21,26H,11,16-17H2,1-4H3. The van der Waals surface area contributed by atoms with Crippen LogP contribution in [0.4, 0.5) is 0 Å². The quantitative estimate of drug-likeness (QED) is 0.565. The Balaban J connectivity index is 2.09. The third kappa shape index (κ3) is 2.98. The van der Waals surface area contributed by atoms with E-state index in [1.54, 1.807) is 0 Å². The molecule has 144 valence electrons. The first-order valence-electron chi connectivity index (χ1n) is 10.5. The van der Waals surface area contributed by atoms with Crippen LogP contribution in [0.1, 0.15) is 58.1 Å². The van der Waals surface area contributed by atoms with Crippen molar-refractivity contribution >= 4 is 11.4 Å². The van der Waals surface area contributed by atoms with Gasteiger partial charge in [0.25, 0.3) is 0 Å². The molecule has 2 aliphatic rings. The Kier molecular flexibility index (Phi) is 4.87. The zero-order chi connectivity index (χ0) is 19.9. The largest absolute Gasteiger partial charge is 0.299 e. The molecule has 2 saturated carbocycles. The molecule has 0 aliphatic heterocycles. The van der Waals surface area contributed by atoms with Crippen LogP contribution in [0.3, 0.4) is 0 Å². The molecular weight excluding hydrogens is 340 g/mol. The molecular formula is C27H30O. The van der Waals surface area contributed by atoms with Crippen molar-refractivity contribution < 1.29 is 4.79 Å². The van der Waals surface area contributed by atoms with Gasteiger partial charge in [0, 0.05) is 17.8 Å². The average molecular weight is 371 g/mol. The molecule has 0 aromatic heterocycles. The maximum Gasteiger partial charge on any atom is 0.137 e. The van der Waals surface area contributed by atoms with E-state index in [9.17, 15) is 4.79 Å². The Morgan fingerprint density at radius 2 is 1.43 bits per heavy atom. The highest BCUT2D eigenvalue weighted by molar-refractivity contribution is 5.91. The summed E-state index contributed by atoms with van der Waals surface area (Å²) in [7, 11) is 0. The Morgan fingerprint density at radius 3 is 1.93 bits per heavy atom. The summed E-state index contributed by atoms with van der Waals surface area (Å²) < 4.78 is 0. The van der Waals surface area contributed by atoms with Crippen molar-refractivity contribution in [1.29, 1.82) is 0 Å². The minimum Gasteiger partial charge on any atom is -0.299 e. The summed E-state index contributed by atoms with van der Waals surface area (Å²) in [4.78, 5) is 13.1. The van der Waals surface area contributed by atoms with Gasteiger partial charge in [-0.15, -0.1) is 0 Å². The lowest BCUT2D eigenvalue weighted by Crippen LogP contribution is -2.34. The molecule has 28 heavy (non-hydrogen) atoms. The predicted octanol–water partition coefficient (Wildman–Crippen LogP) is 6.85. The van der Waals surface area contributed by atoms with Crippen LogP contribution in [0.15, 0.2) is 77.4 Å². The number of rotatable bonds is 2. The highest BCUT2D eigenvalue weighted by Crippen LogP contribution is 2.60. The van der Waals surface area contributed by atoms with E-state index in [-0.39, 0.29) is 11.3 Å². The predicted molar refractivity (Wildman–Crippen MR) is 117 cm³/mol. The van der Waals surface area contributed by atoms with Crippen molar-refractivity contribution in [3.8, 4) is 0 Å². The zero-order valence-corrected chi connectivity index (χ0v) is 17.5. The molecule has 1 nitrogen and oxygen atoms in total. The smallest absolute Gasteiger partial charge is 0.137 e. The molecule has 0 bridgehead atoms. The van der Waals surface area contributed by atoms with Gasteiger partial charge >= 0.3 is 0 Å². The van der Waals surface area contributed by atoms with E-state index in [0.29, 0.717) is 11.7 Å². The van der Waals surface area contributed by atoms with Gasteiger partial charge in [-0.05, 0) is 60.5 Å². The zero-order valence-electron chi connectivity index (χ0n) is 17.5. The molecule has 0 radical (unpaired) electrons. The van der Waals surface area contributed by atoms with Gasteiger partial charge in [0.1, 0.15) is 5.78 Å². The number of hydrogen-bond donors (Lipinski definition) is 0. The van der Waals surface area contributed by atoms with E-state index in [2.05, 4.69) is 88.4 Å². The summed E-state index contributed by atoms with van der Waals surface area (Å²) >= 11 is 0. The molecule has 0 heterocycles. The second kappa shape index (κ2) is 7.20. The number of carbonyl (C=O) groups is 1. The van der Waals surface area contributed by atoms with Crippen LogP contribution in [0, 0.1) is 17.3 Å². The van der Waals surface area contributed by atoms with Crippen LogP contribution >= 0.6 is 0 Å². The van der Waals surface area contributed by atoms with Gasteiger partial charge in [0.05, 0.1) is 0 Å². The summed E-state index contributed by atoms with van der Waals surface area (Å²) in [5.41, 5.74) is 7.85. The van der Waals surface area contributed by atoms with Gasteiger partial charge in [-0.25, -0.2) is 0 Å². The number of hydrogen-bond acceptors (Lipinski definition) is 1. The fraction of sp³-hybridized carbons (Fsp3) is 0.370. The number of carbonyl (C=O) groups excluding carboxylic acids is 1. The Morgan fingerprint density at radius 1 is 0.893 bits per heavy atom. The van der Waals surface area contributed by atoms with E-state index in [4.69, 9.17) is 0 Å². The summed E-state index contributed by atoms with van der Waals surface area (Å²) in [6.07, 6.45) is 2.85. The highest BCUT2D eigenvalue weighted by atomic mass is 16.1. The van der Waals surface area contributed by atoms with Crippen molar-refractivity contribution in [3.63, 3.8) is 0 Å². The number of benzene rings is 2. The number of fused-ring (bicyclic) bond motifs is 1. The number of allylic oxidation sites excluding steroid dienone is 3. The molecule has 2 fully saturated rings. The summed E-state index contributed by atoms with van der Waals surface area (Å²) in [6.45, 7) is 9.01. The lowest BCUT2D eigenvalue weighted by molar-refractivity contribution is -0.128. The van der Waals surface area contributed by atoms with Crippen molar-refractivity contribution in [2.45, 2.75) is 47.0 Å². The maximum absolute atomic E-state index is 13.1. The second-order valence-corrected chi connectivity index (χ2v) is 9.06. The molecule has 0 spiro atoms. The van der Waals surface area contributed by atoms with Crippen molar-refractivity contribution in [2.24, 2.45) is 17.3 Å². The Bertz CT molecular complexity index is 899. The van der Waals surface area contributed by atoms with Crippen LogP contribution in [-0.4, -0.2) is 5.78 Å². The fourth-order valence-corrected chi connectivity index (χ4v) is 5.86. The number of Topliss-reactive ketones (excluding diaryl/α,β-unsaturated/α-hetero) is 1. The summed E-state index contributed by atoms with van der Waals surface area (Å²) in [5.74, 6) is 0.871. The normalized spacial score (nSPS) is 23.5. The molecule has 2 aromatic rings. The first-order valence-corrected chi connectivity index (χ1v) is 10.5. The maximum atomic E-state index is 13.1. The monoisotopic (exact) mass is 370 g/mol. The highest BCUT2D eigenvalue weighted by Gasteiger charge is 2.54. The molecule has 2 aromatic carbocycles. The van der Waals surface area contributed by atoms with Crippen LogP contribution in [0.2, 0.25) is 0 Å². The van der Waals surface area contributed by atoms with Gasteiger partial charge in [-0.2, -0.15) is 0 Å². The minimum absolute atomic E-state index is 0.101. The van der Waals surface area contributed by atoms with Crippen molar-refractivity contribution in [2.75, 3.05) is 0 Å². The summed E-state index contributed by atoms with van der Waals surface area (Å²) in [5, 5.41) is 0. The van der Waals surface area contributed by atoms with E-state index >= 15 is 0 Å². The van der Waals surface area contributed by atoms with Gasteiger partial charge in [-0.1, -0.05) is 80.1 Å². The topological polar surface area (TPSA) is 17.1 Å². The van der Waals surface area contributed by atoms with E-state index in [1.165, 1.54) is 33.4 Å². The van der Waals surface area contributed by atoms with Crippen molar-refractivity contribution in [3.05, 3.63) is 88.5 Å². The van der Waals surface area contributed by atoms with Crippen molar-refractivity contribution in [1.82, 2.24) is 0 Å². The number of ketones is 1. The van der Waals surface area contributed by atoms with Gasteiger partial charge in [-0.3, -0.25) is 4.79 Å². The first-order chi connectivity index (χ1) is 13.4. The molecule has 0 N–H and O–H groups in total. The molecule has 4 rings (SSSR count). The molecule has 2 aliphatic carbocycles. The molecule has 0 saturated heterocycles. The SMILES string of the molecule is CC(C)=C1C(=C(c2ccccc2)c2ccccc2)C2CCCC(=O)C2C1(C)C. The third-order valence-corrected chi connectivity index (χ3v) is 6.64. The molecule has 1 heteroatoms. The van der Waals surface area contributed by atoms with E-state index in [1.807, 2.05) is 0 Å². The molecule has 0 amide bonds. The van der Waals surface area contributed by atoms with Gasteiger partial charge in [0.2, 0.25) is 0 Å². The second-order valence-electron chi connectivity index (χ2n) is 9.06. The lowest BCUT2D eigenvalue weighted by Gasteiger charge is -2.33. The minimum atomic E-state index is -0.120. The van der Waals surface area contributed by atoms with Crippen LogP contribution in [0.5, 0.6) is 0 Å². The molecule has 2 unspecified atom stereocenters. The molecule has 2 atom stereocenters. The van der Waals surface area contributed by atoms with Gasteiger partial charge < -0.3 is 0 Å².